The summed E-state index contributed by atoms with van der Waals surface area (Å²) in [5, 5.41) is 6.69. The number of nitrogens with zero attached hydrogens (tertiary/aromatic N) is 2. The molecule has 1 aliphatic rings. The van der Waals surface area contributed by atoms with Crippen LogP contribution in [0.2, 0.25) is 0 Å². The Morgan fingerprint density at radius 1 is 1.10 bits per heavy atom. The van der Waals surface area contributed by atoms with Gasteiger partial charge in [-0.05, 0) is 42.5 Å². The zero-order valence-electron chi connectivity index (χ0n) is 18.0. The minimum Gasteiger partial charge on any atom is -0.496 e. The van der Waals surface area contributed by atoms with E-state index >= 15 is 0 Å². The van der Waals surface area contributed by atoms with E-state index in [0.717, 1.165) is 49.7 Å². The van der Waals surface area contributed by atoms with Gasteiger partial charge in [0.1, 0.15) is 5.75 Å². The van der Waals surface area contributed by atoms with Crippen LogP contribution in [0.4, 0.5) is 0 Å². The van der Waals surface area contributed by atoms with Crippen molar-refractivity contribution in [1.29, 1.82) is 0 Å². The maximum Gasteiger partial charge on any atom is 0.222 e. The van der Waals surface area contributed by atoms with Crippen molar-refractivity contribution in [1.82, 2.24) is 15.5 Å². The Morgan fingerprint density at radius 3 is 2.57 bits per heavy atom. The molecule has 1 amide bonds. The number of rotatable bonds is 9. The smallest absolute Gasteiger partial charge is 0.222 e. The molecule has 1 fully saturated rings. The molecule has 0 aromatic heterocycles. The van der Waals surface area contributed by atoms with E-state index in [0.29, 0.717) is 19.5 Å². The number of guanidine groups is 1. The van der Waals surface area contributed by atoms with E-state index in [9.17, 15) is 4.79 Å². The standard InChI is InChI=1S/C24H32N4O2/c1-3-25-24(26-15-14-21-7-4-5-8-22(21)30-2)27-17-19-10-12-20(13-11-19)18-28-16-6-9-23(28)29/h4-5,7-8,10-13H,3,6,9,14-18H2,1-2H3,(H2,25,26,27). The van der Waals surface area contributed by atoms with Gasteiger partial charge in [0.25, 0.3) is 0 Å². The van der Waals surface area contributed by atoms with Crippen LogP contribution in [0.15, 0.2) is 53.5 Å². The number of hydrogen-bond donors (Lipinski definition) is 2. The number of likely N-dealkylation sites (tertiary alicyclic amines) is 1. The molecule has 2 aromatic rings. The Kier molecular flexibility index (Phi) is 8.12. The number of para-hydroxylation sites is 1. The van der Waals surface area contributed by atoms with Gasteiger partial charge >= 0.3 is 0 Å². The number of carbonyl (C=O) groups is 1. The van der Waals surface area contributed by atoms with Crippen LogP contribution in [0.5, 0.6) is 5.75 Å². The first-order valence-electron chi connectivity index (χ1n) is 10.7. The second kappa shape index (κ2) is 11.2. The third kappa shape index (κ3) is 6.24. The Bertz CT molecular complexity index is 849. The van der Waals surface area contributed by atoms with E-state index in [2.05, 4.69) is 47.9 Å². The van der Waals surface area contributed by atoms with E-state index < -0.39 is 0 Å². The van der Waals surface area contributed by atoms with E-state index in [-0.39, 0.29) is 5.91 Å². The molecule has 0 aliphatic carbocycles. The largest absolute Gasteiger partial charge is 0.496 e. The summed E-state index contributed by atoms with van der Waals surface area (Å²) in [5.74, 6) is 1.98. The fraction of sp³-hybridized carbons (Fsp3) is 0.417. The van der Waals surface area contributed by atoms with Crippen LogP contribution < -0.4 is 15.4 Å². The summed E-state index contributed by atoms with van der Waals surface area (Å²) in [6.45, 7) is 5.82. The summed E-state index contributed by atoms with van der Waals surface area (Å²) in [6, 6.07) is 16.5. The van der Waals surface area contributed by atoms with Crippen LogP contribution in [-0.4, -0.2) is 43.5 Å². The molecule has 6 heteroatoms. The zero-order chi connectivity index (χ0) is 21.2. The summed E-state index contributed by atoms with van der Waals surface area (Å²) >= 11 is 0. The fourth-order valence-corrected chi connectivity index (χ4v) is 3.58. The highest BCUT2D eigenvalue weighted by atomic mass is 16.5. The number of amides is 1. The lowest BCUT2D eigenvalue weighted by atomic mass is 10.1. The molecular formula is C24H32N4O2. The van der Waals surface area contributed by atoms with Gasteiger partial charge in [-0.25, -0.2) is 4.99 Å². The van der Waals surface area contributed by atoms with E-state index in [1.165, 1.54) is 11.1 Å². The molecule has 0 unspecified atom stereocenters. The highest BCUT2D eigenvalue weighted by Gasteiger charge is 2.19. The van der Waals surface area contributed by atoms with Gasteiger partial charge in [-0.15, -0.1) is 0 Å². The quantitative estimate of drug-likeness (QED) is 0.494. The predicted molar refractivity (Wildman–Crippen MR) is 121 cm³/mol. The van der Waals surface area contributed by atoms with E-state index in [4.69, 9.17) is 9.73 Å². The van der Waals surface area contributed by atoms with Gasteiger partial charge in [0.2, 0.25) is 5.91 Å². The highest BCUT2D eigenvalue weighted by molar-refractivity contribution is 5.79. The Hall–Kier alpha value is -3.02. The first kappa shape index (κ1) is 21.7. The minimum absolute atomic E-state index is 0.262. The summed E-state index contributed by atoms with van der Waals surface area (Å²) in [4.78, 5) is 18.4. The third-order valence-electron chi connectivity index (χ3n) is 5.21. The zero-order valence-corrected chi connectivity index (χ0v) is 18.0. The molecule has 0 bridgehead atoms. The molecule has 30 heavy (non-hydrogen) atoms. The van der Waals surface area contributed by atoms with Gasteiger partial charge < -0.3 is 20.3 Å². The number of carbonyl (C=O) groups excluding carboxylic acids is 1. The molecule has 2 aromatic carbocycles. The Morgan fingerprint density at radius 2 is 1.87 bits per heavy atom. The van der Waals surface area contributed by atoms with Crippen LogP contribution in [0.3, 0.4) is 0 Å². The minimum atomic E-state index is 0.262. The third-order valence-corrected chi connectivity index (χ3v) is 5.21. The lowest BCUT2D eigenvalue weighted by molar-refractivity contribution is -0.128. The molecule has 6 nitrogen and oxygen atoms in total. The van der Waals surface area contributed by atoms with Crippen molar-refractivity contribution >= 4 is 11.9 Å². The number of nitrogens with one attached hydrogen (secondary N) is 2. The van der Waals surface area contributed by atoms with Crippen molar-refractivity contribution in [3.63, 3.8) is 0 Å². The van der Waals surface area contributed by atoms with Crippen molar-refractivity contribution in [2.45, 2.75) is 39.3 Å². The van der Waals surface area contributed by atoms with Crippen molar-refractivity contribution in [3.8, 4) is 5.75 Å². The van der Waals surface area contributed by atoms with E-state index in [1.807, 2.05) is 23.1 Å². The molecule has 0 saturated carbocycles. The van der Waals surface area contributed by atoms with Gasteiger partial charge in [0.05, 0.1) is 13.7 Å². The van der Waals surface area contributed by atoms with Gasteiger partial charge in [0, 0.05) is 32.6 Å². The van der Waals surface area contributed by atoms with Gasteiger partial charge in [-0.3, -0.25) is 4.79 Å². The van der Waals surface area contributed by atoms with Crippen molar-refractivity contribution in [3.05, 3.63) is 65.2 Å². The number of methoxy groups -OCH3 is 1. The number of benzene rings is 2. The topological polar surface area (TPSA) is 66.0 Å². The molecule has 0 radical (unpaired) electrons. The summed E-state index contributed by atoms with van der Waals surface area (Å²) in [7, 11) is 1.70. The number of aliphatic imine (C=N–C) groups is 1. The monoisotopic (exact) mass is 408 g/mol. The van der Waals surface area contributed by atoms with Crippen LogP contribution in [0.25, 0.3) is 0 Å². The van der Waals surface area contributed by atoms with Gasteiger partial charge in [-0.2, -0.15) is 0 Å². The molecule has 1 saturated heterocycles. The van der Waals surface area contributed by atoms with Crippen LogP contribution in [0.1, 0.15) is 36.5 Å². The van der Waals surface area contributed by atoms with Crippen molar-refractivity contribution < 1.29 is 9.53 Å². The maximum atomic E-state index is 11.8. The van der Waals surface area contributed by atoms with Crippen molar-refractivity contribution in [2.75, 3.05) is 26.7 Å². The fourth-order valence-electron chi connectivity index (χ4n) is 3.58. The summed E-state index contributed by atoms with van der Waals surface area (Å²) < 4.78 is 5.42. The average molecular weight is 409 g/mol. The lowest BCUT2D eigenvalue weighted by Crippen LogP contribution is -2.38. The molecule has 160 valence electrons. The normalized spacial score (nSPS) is 14.1. The molecule has 0 spiro atoms. The molecule has 1 heterocycles. The van der Waals surface area contributed by atoms with Crippen molar-refractivity contribution in [2.24, 2.45) is 4.99 Å². The predicted octanol–water partition coefficient (Wildman–Crippen LogP) is 3.12. The second-order valence-corrected chi connectivity index (χ2v) is 7.42. The summed E-state index contributed by atoms with van der Waals surface area (Å²) in [5.41, 5.74) is 3.49. The van der Waals surface area contributed by atoms with Crippen LogP contribution in [-0.2, 0) is 24.3 Å². The van der Waals surface area contributed by atoms with Gasteiger partial charge in [0.15, 0.2) is 5.96 Å². The van der Waals surface area contributed by atoms with Gasteiger partial charge in [-0.1, -0.05) is 42.5 Å². The SMILES string of the molecule is CCNC(=NCc1ccc(CN2CCCC2=O)cc1)NCCc1ccccc1OC. The molecule has 0 atom stereocenters. The number of ether oxygens (including phenoxy) is 1. The molecule has 2 N–H and O–H groups in total. The first-order valence-corrected chi connectivity index (χ1v) is 10.7. The molecule has 1 aliphatic heterocycles. The number of hydrogen-bond acceptors (Lipinski definition) is 3. The maximum absolute atomic E-state index is 11.8. The van der Waals surface area contributed by atoms with E-state index in [1.54, 1.807) is 7.11 Å². The average Bonchev–Trinajstić information content (AvgIpc) is 3.17. The second-order valence-electron chi connectivity index (χ2n) is 7.42. The molecule has 3 rings (SSSR count). The summed E-state index contributed by atoms with van der Waals surface area (Å²) in [6.07, 6.45) is 2.52. The van der Waals surface area contributed by atoms with Crippen LogP contribution in [0, 0.1) is 0 Å². The molecular weight excluding hydrogens is 376 g/mol. The Labute approximate surface area is 179 Å². The Balaban J connectivity index is 1.51. The highest BCUT2D eigenvalue weighted by Crippen LogP contribution is 2.17. The van der Waals surface area contributed by atoms with Crippen LogP contribution >= 0.6 is 0 Å². The lowest BCUT2D eigenvalue weighted by Gasteiger charge is -2.15. The first-order chi connectivity index (χ1) is 14.7.